The topological polar surface area (TPSA) is 20.2 Å². The first kappa shape index (κ1) is 10.5. The molecule has 0 aliphatic rings. The van der Waals surface area contributed by atoms with E-state index in [0.717, 1.165) is 0 Å². The predicted molar refractivity (Wildman–Crippen MR) is 29.9 cm³/mol. The van der Waals surface area contributed by atoms with Crippen LogP contribution in [-0.2, 0) is 0 Å². The van der Waals surface area contributed by atoms with E-state index < -0.39 is 0 Å². The first-order valence-electron chi connectivity index (χ1n) is 1.88. The molecule has 0 bridgehead atoms. The minimum absolute atomic E-state index is 0. The van der Waals surface area contributed by atoms with Crippen LogP contribution in [0.1, 0.15) is 16.7 Å². The van der Waals surface area contributed by atoms with Crippen molar-refractivity contribution in [2.24, 2.45) is 5.92 Å². The van der Waals surface area contributed by atoms with Crippen molar-refractivity contribution in [2.45, 2.75) is 13.8 Å². The maximum absolute atomic E-state index is 8.14. The summed E-state index contributed by atoms with van der Waals surface area (Å²) in [5, 5.41) is 8.14. The van der Waals surface area contributed by atoms with Gasteiger partial charge in [-0.3, -0.25) is 0 Å². The van der Waals surface area contributed by atoms with Gasteiger partial charge in [0.1, 0.15) is 0 Å². The molecule has 0 saturated carbocycles. The van der Waals surface area contributed by atoms with Crippen LogP contribution in [0.25, 0.3) is 0 Å². The van der Waals surface area contributed by atoms with E-state index in [9.17, 15) is 0 Å². The summed E-state index contributed by atoms with van der Waals surface area (Å²) in [6.45, 7) is 4.25. The zero-order chi connectivity index (χ0) is 4.28. The smallest absolute Gasteiger partial charge is 1.00 e. The van der Waals surface area contributed by atoms with Gasteiger partial charge in [-0.2, -0.15) is 0 Å². The summed E-state index contributed by atoms with van der Waals surface area (Å²) in [6, 6.07) is 0. The zero-order valence-corrected chi connectivity index (χ0v) is 8.88. The van der Waals surface area contributed by atoms with Crippen molar-refractivity contribution in [1.29, 1.82) is 0 Å². The summed E-state index contributed by atoms with van der Waals surface area (Å²) in [7, 11) is 0. The number of rotatable bonds is 1. The van der Waals surface area contributed by atoms with Crippen LogP contribution in [0.3, 0.4) is 0 Å². The third-order valence-corrected chi connectivity index (χ3v) is 0.365. The molecule has 0 saturated heterocycles. The quantitative estimate of drug-likeness (QED) is 0.628. The zero-order valence-electron chi connectivity index (χ0n) is 6.44. The molecule has 0 aromatic carbocycles. The van der Waals surface area contributed by atoms with Crippen molar-refractivity contribution in [2.75, 3.05) is 6.61 Å². The Hall–Kier alpha value is 1.53. The Morgan fingerprint density at radius 3 is 1.83 bits per heavy atom. The average Bonchev–Trinajstić information content (AvgIpc) is 1.38. The molecular weight excluding hydrogens is 201 g/mol. The molecule has 0 unspecified atom stereocenters. The van der Waals surface area contributed by atoms with Crippen LogP contribution in [0.2, 0.25) is 0 Å². The fourth-order valence-corrected chi connectivity index (χ4v) is 0. The van der Waals surface area contributed by atoms with Gasteiger partial charge in [0.2, 0.25) is 0 Å². The van der Waals surface area contributed by atoms with Gasteiger partial charge in [-0.15, -0.1) is 0 Å². The summed E-state index contributed by atoms with van der Waals surface area (Å²) in [6.07, 6.45) is 0. The largest absolute Gasteiger partial charge is 2.00 e. The van der Waals surface area contributed by atoms with E-state index in [-0.39, 0.29) is 51.7 Å². The van der Waals surface area contributed by atoms with Crippen LogP contribution < -0.4 is 0 Å². The summed E-state index contributed by atoms with van der Waals surface area (Å²) >= 11 is 0. The number of aliphatic hydroxyl groups is 1. The van der Waals surface area contributed by atoms with E-state index in [1.54, 1.807) is 0 Å². The summed E-state index contributed by atoms with van der Waals surface area (Å²) < 4.78 is 0. The van der Waals surface area contributed by atoms with Crippen molar-refractivity contribution >= 4 is 48.9 Å². The van der Waals surface area contributed by atoms with Gasteiger partial charge in [0, 0.05) is 6.61 Å². The molecule has 0 aromatic heterocycles. The molecule has 0 heterocycles. The van der Waals surface area contributed by atoms with Gasteiger partial charge in [-0.25, -0.2) is 0 Å². The van der Waals surface area contributed by atoms with Crippen molar-refractivity contribution < 1.29 is 7.96 Å². The number of hydrogen-bond acceptors (Lipinski definition) is 1. The van der Waals surface area contributed by atoms with Gasteiger partial charge in [-0.05, 0) is 5.92 Å². The predicted octanol–water partition coefficient (Wildman–Crippen LogP) is 0.479. The molecule has 0 spiro atoms. The van der Waals surface area contributed by atoms with E-state index in [1.165, 1.54) is 0 Å². The summed E-state index contributed by atoms with van der Waals surface area (Å²) in [5.41, 5.74) is 0. The normalized spacial score (nSPS) is 8.00. The minimum Gasteiger partial charge on any atom is -1.00 e. The van der Waals surface area contributed by atoms with Crippen molar-refractivity contribution in [3.05, 3.63) is 0 Å². The Morgan fingerprint density at radius 2 is 1.83 bits per heavy atom. The van der Waals surface area contributed by atoms with Crippen molar-refractivity contribution in [3.63, 3.8) is 0 Å². The fraction of sp³-hybridized carbons (Fsp3) is 1.00. The van der Waals surface area contributed by atoms with E-state index in [0.29, 0.717) is 12.5 Å². The molecular formula is C4H12BaO. The molecule has 0 amide bonds. The van der Waals surface area contributed by atoms with Gasteiger partial charge in [0.05, 0.1) is 0 Å². The van der Waals surface area contributed by atoms with Crippen LogP contribution >= 0.6 is 0 Å². The maximum Gasteiger partial charge on any atom is 2.00 e. The van der Waals surface area contributed by atoms with Crippen LogP contribution in [0.4, 0.5) is 0 Å². The second-order valence-electron chi connectivity index (χ2n) is 1.58. The fourth-order valence-electron chi connectivity index (χ4n) is 0. The third kappa shape index (κ3) is 9.11. The van der Waals surface area contributed by atoms with Gasteiger partial charge < -0.3 is 7.96 Å². The van der Waals surface area contributed by atoms with Crippen LogP contribution in [0.15, 0.2) is 0 Å². The van der Waals surface area contributed by atoms with E-state index in [2.05, 4.69) is 0 Å². The van der Waals surface area contributed by atoms with Gasteiger partial charge in [-0.1, -0.05) is 13.8 Å². The molecule has 0 aromatic rings. The number of aliphatic hydroxyl groups excluding tert-OH is 1. The molecule has 2 heteroatoms. The van der Waals surface area contributed by atoms with E-state index in [4.69, 9.17) is 5.11 Å². The average molecular weight is 213 g/mol. The molecule has 0 aliphatic carbocycles. The summed E-state index contributed by atoms with van der Waals surface area (Å²) in [5.74, 6) is 0.440. The van der Waals surface area contributed by atoms with Crippen LogP contribution in [-0.4, -0.2) is 60.6 Å². The molecule has 0 aliphatic heterocycles. The Balaban J connectivity index is -0.0000000267. The summed E-state index contributed by atoms with van der Waals surface area (Å²) in [4.78, 5) is 0. The van der Waals surface area contributed by atoms with Crippen molar-refractivity contribution in [3.8, 4) is 0 Å². The van der Waals surface area contributed by atoms with Gasteiger partial charge in [0.25, 0.3) is 0 Å². The minimum atomic E-state index is 0. The first-order chi connectivity index (χ1) is 2.27. The van der Waals surface area contributed by atoms with E-state index >= 15 is 0 Å². The Kier molecular flexibility index (Phi) is 11.4. The Labute approximate surface area is 82.2 Å². The standard InChI is InChI=1S/C4H10O.Ba.2H/c1-4(2)3-5;;;/h4-5H,3H2,1-2H3;;;/q;+2;2*-1. The molecule has 36 valence electrons. The number of hydrogen-bond donors (Lipinski definition) is 1. The second kappa shape index (κ2) is 6.53. The monoisotopic (exact) mass is 214 g/mol. The van der Waals surface area contributed by atoms with Crippen molar-refractivity contribution in [1.82, 2.24) is 0 Å². The molecule has 0 fully saturated rings. The molecule has 0 rings (SSSR count). The second-order valence-corrected chi connectivity index (χ2v) is 1.58. The SMILES string of the molecule is CC(C)CO.[Ba+2].[H-].[H-]. The Bertz CT molecular complexity index is 28.0. The maximum atomic E-state index is 8.14. The molecule has 1 N–H and O–H groups in total. The molecule has 0 atom stereocenters. The third-order valence-electron chi connectivity index (χ3n) is 0.365. The molecule has 6 heavy (non-hydrogen) atoms. The van der Waals surface area contributed by atoms with Crippen LogP contribution in [0, 0.1) is 5.92 Å². The van der Waals surface area contributed by atoms with Gasteiger partial charge >= 0.3 is 48.9 Å². The van der Waals surface area contributed by atoms with E-state index in [1.807, 2.05) is 13.8 Å². The Morgan fingerprint density at radius 1 is 1.67 bits per heavy atom. The molecule has 1 nitrogen and oxygen atoms in total. The van der Waals surface area contributed by atoms with Crippen LogP contribution in [0.5, 0.6) is 0 Å². The van der Waals surface area contributed by atoms with Gasteiger partial charge in [0.15, 0.2) is 0 Å². The molecule has 0 radical (unpaired) electrons. The first-order valence-corrected chi connectivity index (χ1v) is 1.88.